The highest BCUT2D eigenvalue weighted by Gasteiger charge is 2.25. The Morgan fingerprint density at radius 3 is 2.35 bits per heavy atom. The Hall–Kier alpha value is -1.16. The highest BCUT2D eigenvalue weighted by Crippen LogP contribution is 2.20. The molecule has 3 N–H and O–H groups in total. The van der Waals surface area contributed by atoms with Crippen molar-refractivity contribution in [1.82, 2.24) is 0 Å². The Kier molecular flexibility index (Phi) is 5.91. The molecule has 0 aliphatic carbocycles. The minimum atomic E-state index is -1.15. The fourth-order valence-electron chi connectivity index (χ4n) is 1.70. The van der Waals surface area contributed by atoms with E-state index < -0.39 is 18.3 Å². The molecule has 0 saturated carbocycles. The van der Waals surface area contributed by atoms with E-state index in [0.29, 0.717) is 12.0 Å². The van der Waals surface area contributed by atoms with Crippen molar-refractivity contribution in [3.05, 3.63) is 48.6 Å². The molecule has 3 atom stereocenters. The minimum Gasteiger partial charge on any atom is -0.390 e. The molecule has 0 unspecified atom stereocenters. The molecule has 0 aliphatic heterocycles. The number of benzene rings is 1. The van der Waals surface area contributed by atoms with Gasteiger partial charge in [-0.3, -0.25) is 0 Å². The summed E-state index contributed by atoms with van der Waals surface area (Å²) >= 11 is 0. The van der Waals surface area contributed by atoms with E-state index in [-0.39, 0.29) is 0 Å². The molecule has 0 aromatic heterocycles. The van der Waals surface area contributed by atoms with Crippen LogP contribution in [0.15, 0.2) is 43.0 Å². The number of allylic oxidation sites excluding steroid dienone is 1. The molecule has 0 radical (unpaired) electrons. The lowest BCUT2D eigenvalue weighted by atomic mass is 9.97. The van der Waals surface area contributed by atoms with Crippen LogP contribution >= 0.6 is 0 Å². The van der Waals surface area contributed by atoms with Crippen molar-refractivity contribution in [1.29, 1.82) is 0 Å². The first-order chi connectivity index (χ1) is 8.16. The fraction of sp³-hybridized carbons (Fsp3) is 0.429. The predicted molar refractivity (Wildman–Crippen MR) is 67.5 cm³/mol. The molecule has 17 heavy (non-hydrogen) atoms. The molecule has 0 saturated heterocycles. The van der Waals surface area contributed by atoms with Crippen molar-refractivity contribution in [2.24, 2.45) is 0 Å². The first-order valence-electron chi connectivity index (χ1n) is 5.87. The van der Waals surface area contributed by atoms with Crippen LogP contribution in [0.25, 0.3) is 0 Å². The number of aliphatic hydroxyl groups excluding tert-OH is 3. The molecular formula is C14H20O3. The predicted octanol–water partition coefficient (Wildman–Crippen LogP) is 1.80. The van der Waals surface area contributed by atoms with Gasteiger partial charge in [0.25, 0.3) is 0 Å². The smallest absolute Gasteiger partial charge is 0.110 e. The van der Waals surface area contributed by atoms with Crippen LogP contribution in [0.5, 0.6) is 0 Å². The Labute approximate surface area is 102 Å². The third-order valence-electron chi connectivity index (χ3n) is 2.77. The van der Waals surface area contributed by atoms with Gasteiger partial charge in [-0.1, -0.05) is 36.4 Å². The van der Waals surface area contributed by atoms with Crippen molar-refractivity contribution in [2.75, 3.05) is 0 Å². The van der Waals surface area contributed by atoms with E-state index in [1.54, 1.807) is 30.3 Å². The van der Waals surface area contributed by atoms with E-state index >= 15 is 0 Å². The van der Waals surface area contributed by atoms with Crippen LogP contribution in [0.4, 0.5) is 0 Å². The Morgan fingerprint density at radius 1 is 1.12 bits per heavy atom. The normalized spacial score (nSPS) is 16.2. The lowest BCUT2D eigenvalue weighted by Crippen LogP contribution is -2.32. The molecule has 1 aromatic carbocycles. The zero-order valence-corrected chi connectivity index (χ0v) is 9.87. The van der Waals surface area contributed by atoms with E-state index in [9.17, 15) is 15.3 Å². The van der Waals surface area contributed by atoms with Gasteiger partial charge in [0.1, 0.15) is 12.2 Å². The van der Waals surface area contributed by atoms with Crippen molar-refractivity contribution >= 4 is 0 Å². The van der Waals surface area contributed by atoms with Crippen LogP contribution in [0.1, 0.15) is 30.9 Å². The van der Waals surface area contributed by atoms with Gasteiger partial charge in [0.15, 0.2) is 0 Å². The molecular weight excluding hydrogens is 216 g/mol. The van der Waals surface area contributed by atoms with Gasteiger partial charge in [-0.25, -0.2) is 0 Å². The van der Waals surface area contributed by atoms with Gasteiger partial charge in [0.05, 0.1) is 6.10 Å². The van der Waals surface area contributed by atoms with Gasteiger partial charge < -0.3 is 15.3 Å². The van der Waals surface area contributed by atoms with E-state index in [4.69, 9.17) is 0 Å². The fourth-order valence-corrected chi connectivity index (χ4v) is 1.70. The average molecular weight is 236 g/mol. The molecule has 0 bridgehead atoms. The molecule has 1 rings (SSSR count). The third-order valence-corrected chi connectivity index (χ3v) is 2.77. The monoisotopic (exact) mass is 236 g/mol. The molecule has 0 amide bonds. The first kappa shape index (κ1) is 13.9. The van der Waals surface area contributed by atoms with Crippen LogP contribution in [0, 0.1) is 0 Å². The molecule has 0 aliphatic rings. The van der Waals surface area contributed by atoms with Gasteiger partial charge in [-0.2, -0.15) is 0 Å². The van der Waals surface area contributed by atoms with Gasteiger partial charge in [-0.05, 0) is 24.8 Å². The zero-order chi connectivity index (χ0) is 12.7. The van der Waals surface area contributed by atoms with Crippen LogP contribution < -0.4 is 0 Å². The molecule has 94 valence electrons. The molecule has 0 heterocycles. The Balaban J connectivity index is 2.51. The van der Waals surface area contributed by atoms with Gasteiger partial charge in [-0.15, -0.1) is 6.58 Å². The van der Waals surface area contributed by atoms with E-state index in [0.717, 1.165) is 12.8 Å². The number of hydrogen-bond donors (Lipinski definition) is 3. The van der Waals surface area contributed by atoms with Gasteiger partial charge in [0, 0.05) is 0 Å². The van der Waals surface area contributed by atoms with Gasteiger partial charge >= 0.3 is 0 Å². The van der Waals surface area contributed by atoms with E-state index in [1.165, 1.54) is 0 Å². The Bertz CT molecular complexity index is 323. The summed E-state index contributed by atoms with van der Waals surface area (Å²) in [6.07, 6.45) is 0.667. The SMILES string of the molecule is C=CCCC[C@@H](O)[C@H](O)[C@H](O)c1ccccc1. The van der Waals surface area contributed by atoms with Crippen LogP contribution in [-0.4, -0.2) is 27.5 Å². The summed E-state index contributed by atoms with van der Waals surface area (Å²) in [6, 6.07) is 8.86. The number of rotatable bonds is 7. The Morgan fingerprint density at radius 2 is 1.76 bits per heavy atom. The summed E-state index contributed by atoms with van der Waals surface area (Å²) in [5.74, 6) is 0. The highest BCUT2D eigenvalue weighted by molar-refractivity contribution is 5.18. The molecule has 0 fully saturated rings. The lowest BCUT2D eigenvalue weighted by Gasteiger charge is -2.23. The summed E-state index contributed by atoms with van der Waals surface area (Å²) in [7, 11) is 0. The average Bonchev–Trinajstić information content (AvgIpc) is 2.38. The number of unbranched alkanes of at least 4 members (excludes halogenated alkanes) is 1. The third kappa shape index (κ3) is 4.30. The van der Waals surface area contributed by atoms with Crippen molar-refractivity contribution in [2.45, 2.75) is 37.6 Å². The van der Waals surface area contributed by atoms with E-state index in [2.05, 4.69) is 6.58 Å². The first-order valence-corrected chi connectivity index (χ1v) is 5.87. The van der Waals surface area contributed by atoms with Crippen molar-refractivity contribution in [3.8, 4) is 0 Å². The molecule has 3 nitrogen and oxygen atoms in total. The maximum atomic E-state index is 9.89. The van der Waals surface area contributed by atoms with Crippen molar-refractivity contribution < 1.29 is 15.3 Å². The molecule has 0 spiro atoms. The highest BCUT2D eigenvalue weighted by atomic mass is 16.4. The number of aliphatic hydroxyl groups is 3. The zero-order valence-electron chi connectivity index (χ0n) is 9.87. The maximum absolute atomic E-state index is 9.89. The largest absolute Gasteiger partial charge is 0.390 e. The molecule has 1 aromatic rings. The topological polar surface area (TPSA) is 60.7 Å². The van der Waals surface area contributed by atoms with Gasteiger partial charge in [0.2, 0.25) is 0 Å². The van der Waals surface area contributed by atoms with Crippen molar-refractivity contribution in [3.63, 3.8) is 0 Å². The van der Waals surface area contributed by atoms with Crippen LogP contribution in [0.3, 0.4) is 0 Å². The quantitative estimate of drug-likeness (QED) is 0.499. The van der Waals surface area contributed by atoms with Crippen LogP contribution in [0.2, 0.25) is 0 Å². The number of hydrogen-bond acceptors (Lipinski definition) is 3. The standard InChI is InChI=1S/C14H20O3/c1-2-3-5-10-12(15)14(17)13(16)11-8-6-4-7-9-11/h2,4,6-9,12-17H,1,3,5,10H2/t12-,13-,14+/m1/s1. The van der Waals surface area contributed by atoms with Crippen LogP contribution in [-0.2, 0) is 0 Å². The minimum absolute atomic E-state index is 0.455. The second-order valence-corrected chi connectivity index (χ2v) is 4.13. The second-order valence-electron chi connectivity index (χ2n) is 4.13. The summed E-state index contributed by atoms with van der Waals surface area (Å²) in [5, 5.41) is 29.4. The molecule has 3 heteroatoms. The summed E-state index contributed by atoms with van der Waals surface area (Å²) in [5.41, 5.74) is 0.614. The summed E-state index contributed by atoms with van der Waals surface area (Å²) in [6.45, 7) is 3.59. The maximum Gasteiger partial charge on any atom is 0.110 e. The summed E-state index contributed by atoms with van der Waals surface area (Å²) in [4.78, 5) is 0. The lowest BCUT2D eigenvalue weighted by molar-refractivity contribution is -0.0635. The summed E-state index contributed by atoms with van der Waals surface area (Å²) < 4.78 is 0. The van der Waals surface area contributed by atoms with E-state index in [1.807, 2.05) is 6.07 Å². The second kappa shape index (κ2) is 7.22.